The maximum atomic E-state index is 5.25. The van der Waals surface area contributed by atoms with E-state index < -0.39 is 0 Å². The first-order valence-corrected chi connectivity index (χ1v) is 10.9. The molecule has 5 heteroatoms. The molecule has 1 aromatic rings. The van der Waals surface area contributed by atoms with Crippen LogP contribution in [0.5, 0.6) is 5.75 Å². The van der Waals surface area contributed by atoms with Crippen molar-refractivity contribution in [1.82, 2.24) is 15.1 Å². The molecule has 2 aliphatic heterocycles. The van der Waals surface area contributed by atoms with Gasteiger partial charge >= 0.3 is 0 Å². The Morgan fingerprint density at radius 1 is 1.11 bits per heavy atom. The molecule has 0 radical (unpaired) electrons. The van der Waals surface area contributed by atoms with Crippen molar-refractivity contribution in [2.24, 2.45) is 22.7 Å². The summed E-state index contributed by atoms with van der Waals surface area (Å²) >= 11 is 0. The average molecular weight is 387 g/mol. The summed E-state index contributed by atoms with van der Waals surface area (Å²) in [7, 11) is 3.64. The van der Waals surface area contributed by atoms with Gasteiger partial charge in [-0.3, -0.25) is 9.89 Å². The SMILES string of the molecule is CN=C(NCC1CCN(Cc2ccc(OC)cc2)CC1)N1CC(C)CC(C)C1. The van der Waals surface area contributed by atoms with Gasteiger partial charge in [-0.15, -0.1) is 0 Å². The lowest BCUT2D eigenvalue weighted by molar-refractivity contribution is 0.175. The maximum absolute atomic E-state index is 5.25. The number of hydrogen-bond donors (Lipinski definition) is 1. The third-order valence-electron chi connectivity index (χ3n) is 6.20. The van der Waals surface area contributed by atoms with E-state index in [9.17, 15) is 0 Å². The third-order valence-corrected chi connectivity index (χ3v) is 6.20. The largest absolute Gasteiger partial charge is 0.497 e. The zero-order chi connectivity index (χ0) is 19.9. The van der Waals surface area contributed by atoms with Crippen LogP contribution in [-0.4, -0.2) is 62.6 Å². The fourth-order valence-electron chi connectivity index (χ4n) is 4.74. The predicted octanol–water partition coefficient (Wildman–Crippen LogP) is 3.46. The summed E-state index contributed by atoms with van der Waals surface area (Å²) < 4.78 is 5.25. The Kier molecular flexibility index (Phi) is 7.60. The Labute approximate surface area is 171 Å². The first kappa shape index (κ1) is 21.0. The monoisotopic (exact) mass is 386 g/mol. The van der Waals surface area contributed by atoms with Crippen molar-refractivity contribution in [3.8, 4) is 5.75 Å². The van der Waals surface area contributed by atoms with Gasteiger partial charge in [-0.25, -0.2) is 0 Å². The molecule has 3 rings (SSSR count). The van der Waals surface area contributed by atoms with Gasteiger partial charge < -0.3 is 15.0 Å². The van der Waals surface area contributed by atoms with E-state index in [4.69, 9.17) is 4.74 Å². The summed E-state index contributed by atoms with van der Waals surface area (Å²) in [5.41, 5.74) is 1.37. The van der Waals surface area contributed by atoms with Crippen LogP contribution in [0.2, 0.25) is 0 Å². The fourth-order valence-corrected chi connectivity index (χ4v) is 4.74. The highest BCUT2D eigenvalue weighted by Gasteiger charge is 2.25. The zero-order valence-electron chi connectivity index (χ0n) is 18.2. The van der Waals surface area contributed by atoms with Gasteiger partial charge in [0.25, 0.3) is 0 Å². The Bertz CT molecular complexity index is 612. The molecule has 0 saturated carbocycles. The van der Waals surface area contributed by atoms with E-state index in [1.807, 2.05) is 7.05 Å². The number of nitrogens with one attached hydrogen (secondary N) is 1. The molecule has 0 aliphatic carbocycles. The molecule has 2 heterocycles. The summed E-state index contributed by atoms with van der Waals surface area (Å²) in [6.45, 7) is 11.4. The van der Waals surface area contributed by atoms with Gasteiger partial charge in [-0.2, -0.15) is 0 Å². The normalized spacial score (nSPS) is 25.0. The van der Waals surface area contributed by atoms with E-state index in [0.29, 0.717) is 0 Å². The number of piperidine rings is 2. The Hall–Kier alpha value is -1.75. The van der Waals surface area contributed by atoms with Gasteiger partial charge in [0, 0.05) is 33.2 Å². The van der Waals surface area contributed by atoms with Crippen LogP contribution in [0.4, 0.5) is 0 Å². The Morgan fingerprint density at radius 2 is 1.75 bits per heavy atom. The van der Waals surface area contributed by atoms with Crippen molar-refractivity contribution in [2.45, 2.75) is 39.7 Å². The van der Waals surface area contributed by atoms with Crippen LogP contribution < -0.4 is 10.1 Å². The lowest BCUT2D eigenvalue weighted by Gasteiger charge is -2.38. The molecule has 0 amide bonds. The van der Waals surface area contributed by atoms with Gasteiger partial charge in [0.2, 0.25) is 0 Å². The van der Waals surface area contributed by atoms with Gasteiger partial charge in [0.1, 0.15) is 5.75 Å². The molecule has 0 bridgehead atoms. The number of hydrogen-bond acceptors (Lipinski definition) is 3. The van der Waals surface area contributed by atoms with E-state index in [1.54, 1.807) is 7.11 Å². The molecule has 2 saturated heterocycles. The molecular formula is C23H38N4O. The molecule has 2 aliphatic rings. The quantitative estimate of drug-likeness (QED) is 0.621. The van der Waals surface area contributed by atoms with E-state index in [2.05, 4.69) is 58.2 Å². The molecule has 28 heavy (non-hydrogen) atoms. The summed E-state index contributed by atoms with van der Waals surface area (Å²) in [6, 6.07) is 8.47. The van der Waals surface area contributed by atoms with E-state index >= 15 is 0 Å². The highest BCUT2D eigenvalue weighted by atomic mass is 16.5. The molecule has 156 valence electrons. The minimum absolute atomic E-state index is 0.739. The number of benzene rings is 1. The number of ether oxygens (including phenoxy) is 1. The van der Waals surface area contributed by atoms with E-state index in [-0.39, 0.29) is 0 Å². The lowest BCUT2D eigenvalue weighted by Crippen LogP contribution is -2.50. The minimum Gasteiger partial charge on any atom is -0.497 e. The summed E-state index contributed by atoms with van der Waals surface area (Å²) in [4.78, 5) is 9.59. The van der Waals surface area contributed by atoms with Crippen LogP contribution in [0, 0.1) is 17.8 Å². The summed E-state index contributed by atoms with van der Waals surface area (Å²) in [5.74, 6) is 4.27. The number of rotatable bonds is 5. The number of aliphatic imine (C=N–C) groups is 1. The van der Waals surface area contributed by atoms with Crippen LogP contribution in [0.3, 0.4) is 0 Å². The van der Waals surface area contributed by atoms with Crippen molar-refractivity contribution in [2.75, 3.05) is 46.9 Å². The number of likely N-dealkylation sites (tertiary alicyclic amines) is 2. The van der Waals surface area contributed by atoms with Gasteiger partial charge in [0.05, 0.1) is 7.11 Å². The second-order valence-electron chi connectivity index (χ2n) is 8.85. The summed E-state index contributed by atoms with van der Waals surface area (Å²) in [6.07, 6.45) is 3.85. The van der Waals surface area contributed by atoms with Crippen LogP contribution >= 0.6 is 0 Å². The average Bonchev–Trinajstić information content (AvgIpc) is 2.69. The van der Waals surface area contributed by atoms with Crippen LogP contribution in [0.15, 0.2) is 29.3 Å². The smallest absolute Gasteiger partial charge is 0.193 e. The number of nitrogens with zero attached hydrogens (tertiary/aromatic N) is 3. The standard InChI is InChI=1S/C23H38N4O/c1-18-13-19(2)16-27(15-18)23(24-3)25-14-20-9-11-26(12-10-20)17-21-5-7-22(28-4)8-6-21/h5-8,18-20H,9-17H2,1-4H3,(H,24,25). The van der Waals surface area contributed by atoms with Crippen molar-refractivity contribution in [1.29, 1.82) is 0 Å². The van der Waals surface area contributed by atoms with Crippen LogP contribution in [0.25, 0.3) is 0 Å². The first-order valence-electron chi connectivity index (χ1n) is 10.9. The van der Waals surface area contributed by atoms with Gasteiger partial charge in [-0.1, -0.05) is 26.0 Å². The molecule has 2 unspecified atom stereocenters. The fraction of sp³-hybridized carbons (Fsp3) is 0.696. The van der Waals surface area contributed by atoms with Crippen molar-refractivity contribution in [3.05, 3.63) is 29.8 Å². The molecule has 0 spiro atoms. The predicted molar refractivity (Wildman–Crippen MR) is 117 cm³/mol. The van der Waals surface area contributed by atoms with Crippen LogP contribution in [0.1, 0.15) is 38.7 Å². The van der Waals surface area contributed by atoms with Crippen molar-refractivity contribution < 1.29 is 4.74 Å². The van der Waals surface area contributed by atoms with Crippen molar-refractivity contribution in [3.63, 3.8) is 0 Å². The molecule has 5 nitrogen and oxygen atoms in total. The molecule has 1 aromatic carbocycles. The lowest BCUT2D eigenvalue weighted by atomic mass is 9.92. The maximum Gasteiger partial charge on any atom is 0.193 e. The molecular weight excluding hydrogens is 348 g/mol. The number of guanidine groups is 1. The zero-order valence-corrected chi connectivity index (χ0v) is 18.2. The Morgan fingerprint density at radius 3 is 2.32 bits per heavy atom. The van der Waals surface area contributed by atoms with Gasteiger partial charge in [0.15, 0.2) is 5.96 Å². The topological polar surface area (TPSA) is 40.1 Å². The molecule has 2 atom stereocenters. The second kappa shape index (κ2) is 10.1. The van der Waals surface area contributed by atoms with Crippen LogP contribution in [-0.2, 0) is 6.54 Å². The molecule has 0 aromatic heterocycles. The first-order chi connectivity index (χ1) is 13.6. The molecule has 2 fully saturated rings. The van der Waals surface area contributed by atoms with E-state index in [0.717, 1.165) is 55.6 Å². The molecule has 1 N–H and O–H groups in total. The summed E-state index contributed by atoms with van der Waals surface area (Å²) in [5, 5.41) is 3.67. The van der Waals surface area contributed by atoms with Crippen molar-refractivity contribution >= 4 is 5.96 Å². The third kappa shape index (κ3) is 5.87. The second-order valence-corrected chi connectivity index (χ2v) is 8.85. The van der Waals surface area contributed by atoms with Gasteiger partial charge in [-0.05, 0) is 67.8 Å². The minimum atomic E-state index is 0.739. The highest BCUT2D eigenvalue weighted by Crippen LogP contribution is 2.22. The van der Waals surface area contributed by atoms with E-state index in [1.165, 1.54) is 37.9 Å². The Balaban J connectivity index is 1.41. The highest BCUT2D eigenvalue weighted by molar-refractivity contribution is 5.80. The number of methoxy groups -OCH3 is 1.